The highest BCUT2D eigenvalue weighted by molar-refractivity contribution is 7.99. The second-order valence-electron chi connectivity index (χ2n) is 6.81. The number of piperidine rings is 1. The van der Waals surface area contributed by atoms with Gasteiger partial charge in [-0.05, 0) is 31.6 Å². The summed E-state index contributed by atoms with van der Waals surface area (Å²) in [7, 11) is 0. The van der Waals surface area contributed by atoms with Gasteiger partial charge in [-0.25, -0.2) is 0 Å². The van der Waals surface area contributed by atoms with Gasteiger partial charge in [-0.3, -0.25) is 14.4 Å². The minimum atomic E-state index is -0.553. The molecule has 2 aliphatic rings. The van der Waals surface area contributed by atoms with E-state index in [0.717, 1.165) is 19.4 Å². The summed E-state index contributed by atoms with van der Waals surface area (Å²) >= 11 is 1.44. The molecule has 1 aromatic heterocycles. The Morgan fingerprint density at radius 2 is 2.23 bits per heavy atom. The number of nitrogens with two attached hydrogens (primary N) is 1. The number of carbonyl (C=O) groups is 3. The van der Waals surface area contributed by atoms with Crippen LogP contribution in [0.5, 0.6) is 0 Å². The predicted octanol–water partition coefficient (Wildman–Crippen LogP) is -0.303. The molecule has 1 aromatic rings. The maximum atomic E-state index is 12.4. The third kappa shape index (κ3) is 4.35. The monoisotopic (exact) mass is 381 g/mol. The number of nitrogens with zero attached hydrogens (tertiary/aromatic N) is 3. The van der Waals surface area contributed by atoms with Crippen LogP contribution in [0.4, 0.5) is 0 Å². The van der Waals surface area contributed by atoms with E-state index < -0.39 is 5.91 Å². The van der Waals surface area contributed by atoms with Crippen LogP contribution in [0.2, 0.25) is 0 Å². The molecule has 0 radical (unpaired) electrons. The molecular weight excluding hydrogens is 358 g/mol. The van der Waals surface area contributed by atoms with Crippen molar-refractivity contribution in [1.82, 2.24) is 20.4 Å². The first-order valence-electron chi connectivity index (χ1n) is 8.64. The van der Waals surface area contributed by atoms with Crippen LogP contribution in [0.15, 0.2) is 4.52 Å². The quantitative estimate of drug-likeness (QED) is 0.662. The third-order valence-corrected chi connectivity index (χ3v) is 5.93. The van der Waals surface area contributed by atoms with Crippen molar-refractivity contribution in [3.05, 3.63) is 11.7 Å². The summed E-state index contributed by atoms with van der Waals surface area (Å²) < 4.78 is 5.03. The van der Waals surface area contributed by atoms with Crippen molar-refractivity contribution in [1.29, 1.82) is 0 Å². The molecule has 3 N–H and O–H groups in total. The molecule has 0 unspecified atom stereocenters. The van der Waals surface area contributed by atoms with Gasteiger partial charge >= 0.3 is 0 Å². The van der Waals surface area contributed by atoms with Crippen LogP contribution in [-0.4, -0.2) is 58.1 Å². The number of hydrogen-bond donors (Lipinski definition) is 2. The first kappa shape index (κ1) is 18.7. The Balaban J connectivity index is 1.44. The lowest BCUT2D eigenvalue weighted by molar-refractivity contribution is -0.144. The van der Waals surface area contributed by atoms with Gasteiger partial charge in [0.1, 0.15) is 0 Å². The lowest BCUT2D eigenvalue weighted by atomic mass is 9.61. The van der Waals surface area contributed by atoms with Gasteiger partial charge in [0.15, 0.2) is 5.82 Å². The number of primary amides is 1. The molecule has 1 aliphatic heterocycles. The van der Waals surface area contributed by atoms with Gasteiger partial charge in [0.25, 0.3) is 0 Å². The molecule has 10 heteroatoms. The van der Waals surface area contributed by atoms with E-state index in [1.807, 2.05) is 4.90 Å². The Morgan fingerprint density at radius 1 is 1.42 bits per heavy atom. The number of aryl methyl sites for hydroxylation is 1. The van der Waals surface area contributed by atoms with Crippen LogP contribution in [0.3, 0.4) is 0 Å². The molecule has 2 heterocycles. The molecule has 1 saturated heterocycles. The Morgan fingerprint density at radius 3 is 2.92 bits per heavy atom. The van der Waals surface area contributed by atoms with Gasteiger partial charge in [0.2, 0.25) is 23.6 Å². The average Bonchev–Trinajstić information content (AvgIpc) is 2.99. The van der Waals surface area contributed by atoms with E-state index >= 15 is 0 Å². The van der Waals surface area contributed by atoms with Gasteiger partial charge in [-0.15, -0.1) is 11.8 Å². The molecule has 3 rings (SSSR count). The van der Waals surface area contributed by atoms with Crippen molar-refractivity contribution >= 4 is 29.5 Å². The van der Waals surface area contributed by atoms with Crippen molar-refractivity contribution in [2.45, 2.75) is 25.5 Å². The summed E-state index contributed by atoms with van der Waals surface area (Å²) in [5.74, 6) is 1.84. The minimum Gasteiger partial charge on any atom is -0.368 e. The van der Waals surface area contributed by atoms with Crippen molar-refractivity contribution < 1.29 is 18.9 Å². The summed E-state index contributed by atoms with van der Waals surface area (Å²) in [5, 5.41) is 6.29. The van der Waals surface area contributed by atoms with Crippen molar-refractivity contribution in [2.24, 2.45) is 23.5 Å². The van der Waals surface area contributed by atoms with Crippen LogP contribution < -0.4 is 11.1 Å². The molecule has 3 atom stereocenters. The van der Waals surface area contributed by atoms with E-state index in [1.165, 1.54) is 11.8 Å². The fourth-order valence-corrected chi connectivity index (χ4v) is 4.38. The van der Waals surface area contributed by atoms with E-state index in [2.05, 4.69) is 15.5 Å². The number of rotatable bonds is 7. The number of thioether (sulfide) groups is 1. The van der Waals surface area contributed by atoms with Gasteiger partial charge in [0, 0.05) is 19.0 Å². The third-order valence-electron chi connectivity index (χ3n) is 5.03. The highest BCUT2D eigenvalue weighted by Crippen LogP contribution is 2.45. The first-order chi connectivity index (χ1) is 12.4. The van der Waals surface area contributed by atoms with E-state index in [9.17, 15) is 14.4 Å². The van der Waals surface area contributed by atoms with Gasteiger partial charge in [-0.1, -0.05) is 5.16 Å². The fourth-order valence-electron chi connectivity index (χ4n) is 3.63. The molecule has 26 heavy (non-hydrogen) atoms. The van der Waals surface area contributed by atoms with Crippen LogP contribution in [-0.2, 0) is 20.1 Å². The molecule has 9 nitrogen and oxygen atoms in total. The zero-order valence-electron chi connectivity index (χ0n) is 14.6. The summed E-state index contributed by atoms with van der Waals surface area (Å²) in [6, 6.07) is 0. The highest BCUT2D eigenvalue weighted by Gasteiger charge is 2.48. The van der Waals surface area contributed by atoms with Gasteiger partial charge in [-0.2, -0.15) is 4.98 Å². The summed E-state index contributed by atoms with van der Waals surface area (Å²) in [4.78, 5) is 41.3. The standard InChI is InChI=1S/C16H23N5O4S/c1-9-19-14(25-20-9)7-26-8-15(23)21-3-2-10-4-11(12(10)6-21)16(24)18-5-13(17)22/h10-12H,2-8H2,1H3,(H2,17,22)(H,18,24)/t10-,11-,12-/m1/s1. The van der Waals surface area contributed by atoms with E-state index in [0.29, 0.717) is 35.7 Å². The van der Waals surface area contributed by atoms with Crippen LogP contribution in [0.1, 0.15) is 24.6 Å². The highest BCUT2D eigenvalue weighted by atomic mass is 32.2. The van der Waals surface area contributed by atoms with Crippen LogP contribution in [0.25, 0.3) is 0 Å². The van der Waals surface area contributed by atoms with E-state index in [-0.39, 0.29) is 30.2 Å². The van der Waals surface area contributed by atoms with Crippen LogP contribution in [0, 0.1) is 24.7 Å². The Kier molecular flexibility index (Phi) is 5.80. The second kappa shape index (κ2) is 8.07. The molecule has 142 valence electrons. The zero-order valence-corrected chi connectivity index (χ0v) is 15.5. The number of amides is 3. The van der Waals surface area contributed by atoms with E-state index in [1.54, 1.807) is 6.92 Å². The minimum absolute atomic E-state index is 0.0629. The molecule has 0 bridgehead atoms. The van der Waals surface area contributed by atoms with Gasteiger partial charge < -0.3 is 20.5 Å². The number of likely N-dealkylation sites (tertiary alicyclic amines) is 1. The van der Waals surface area contributed by atoms with Gasteiger partial charge in [0.05, 0.1) is 18.1 Å². The number of aromatic nitrogens is 2. The molecule has 3 amide bonds. The number of fused-ring (bicyclic) bond motifs is 1. The average molecular weight is 381 g/mol. The number of carbonyl (C=O) groups excluding carboxylic acids is 3. The van der Waals surface area contributed by atoms with Crippen molar-refractivity contribution in [3.8, 4) is 0 Å². The first-order valence-corrected chi connectivity index (χ1v) is 9.80. The smallest absolute Gasteiger partial charge is 0.236 e. The summed E-state index contributed by atoms with van der Waals surface area (Å²) in [6.45, 7) is 2.94. The molecule has 2 fully saturated rings. The van der Waals surface area contributed by atoms with Crippen molar-refractivity contribution in [3.63, 3.8) is 0 Å². The Labute approximate surface area is 155 Å². The maximum absolute atomic E-state index is 12.4. The molecule has 1 saturated carbocycles. The molecule has 0 spiro atoms. The number of hydrogen-bond acceptors (Lipinski definition) is 7. The lowest BCUT2D eigenvalue weighted by Crippen LogP contribution is -2.56. The second-order valence-corrected chi connectivity index (χ2v) is 7.79. The van der Waals surface area contributed by atoms with Crippen molar-refractivity contribution in [2.75, 3.05) is 25.4 Å². The largest absolute Gasteiger partial charge is 0.368 e. The summed E-state index contributed by atoms with van der Waals surface area (Å²) in [5.41, 5.74) is 5.06. The molecule has 1 aliphatic carbocycles. The maximum Gasteiger partial charge on any atom is 0.236 e. The molecular formula is C16H23N5O4S. The zero-order chi connectivity index (χ0) is 18.7. The lowest BCUT2D eigenvalue weighted by Gasteiger charge is -2.50. The van der Waals surface area contributed by atoms with Crippen LogP contribution >= 0.6 is 11.8 Å². The van der Waals surface area contributed by atoms with E-state index in [4.69, 9.17) is 10.3 Å². The Hall–Kier alpha value is -2.10. The normalized spacial score (nSPS) is 24.5. The summed E-state index contributed by atoms with van der Waals surface area (Å²) in [6.07, 6.45) is 1.74. The topological polar surface area (TPSA) is 131 Å². The molecule has 0 aromatic carbocycles. The Bertz CT molecular complexity index is 694. The fraction of sp³-hybridized carbons (Fsp3) is 0.688. The number of nitrogens with one attached hydrogen (secondary N) is 1. The SMILES string of the molecule is Cc1noc(CSCC(=O)N2CC[C@@H]3C[C@@H](C(=O)NCC(N)=O)[C@@H]3C2)n1. The predicted molar refractivity (Wildman–Crippen MR) is 93.7 cm³/mol.